The van der Waals surface area contributed by atoms with Gasteiger partial charge in [0.25, 0.3) is 0 Å². The zero-order valence-corrected chi connectivity index (χ0v) is 32.1. The summed E-state index contributed by atoms with van der Waals surface area (Å²) in [6.45, 7) is 20.0. The molecule has 264 valence electrons. The van der Waals surface area contributed by atoms with Gasteiger partial charge in [-0.2, -0.15) is 0 Å². The smallest absolute Gasteiger partial charge is 0.127 e. The molecule has 0 saturated heterocycles. The van der Waals surface area contributed by atoms with E-state index >= 15 is 0 Å². The number of hydrogen-bond donors (Lipinski definition) is 2. The molecule has 2 N–H and O–H groups in total. The molecule has 0 amide bonds. The third kappa shape index (κ3) is 15.8. The zero-order valence-electron chi connectivity index (χ0n) is 32.1. The van der Waals surface area contributed by atoms with Gasteiger partial charge in [0, 0.05) is 16.3 Å². The fourth-order valence-corrected chi connectivity index (χ4v) is 6.33. The molecule has 0 bridgehead atoms. The first-order chi connectivity index (χ1) is 22.9. The predicted molar refractivity (Wildman–Crippen MR) is 213 cm³/mol. The van der Waals surface area contributed by atoms with Crippen molar-refractivity contribution in [2.75, 3.05) is 0 Å². The van der Waals surface area contributed by atoms with Gasteiger partial charge in [-0.05, 0) is 150 Å². The molecule has 1 unspecified atom stereocenters. The van der Waals surface area contributed by atoms with E-state index in [4.69, 9.17) is 0 Å². The molecule has 0 aromatic heterocycles. The minimum Gasteiger partial charge on any atom is -0.507 e. The topological polar surface area (TPSA) is 40.5 Å². The highest BCUT2D eigenvalue weighted by Gasteiger charge is 2.15. The van der Waals surface area contributed by atoms with Gasteiger partial charge in [-0.15, -0.1) is 0 Å². The maximum absolute atomic E-state index is 10.9. The third-order valence-corrected chi connectivity index (χ3v) is 9.79. The molecule has 1 atom stereocenters. The number of benzene rings is 2. The van der Waals surface area contributed by atoms with Crippen LogP contribution in [0.4, 0.5) is 0 Å². The maximum atomic E-state index is 10.9. The zero-order chi connectivity index (χ0) is 35.5. The Morgan fingerprint density at radius 1 is 0.562 bits per heavy atom. The first-order valence-corrected chi connectivity index (χ1v) is 18.7. The second-order valence-electron chi connectivity index (χ2n) is 14.8. The van der Waals surface area contributed by atoms with E-state index in [1.54, 1.807) is 0 Å². The van der Waals surface area contributed by atoms with Crippen molar-refractivity contribution in [3.8, 4) is 11.5 Å². The van der Waals surface area contributed by atoms with Crippen LogP contribution in [0.1, 0.15) is 150 Å². The Labute approximate surface area is 295 Å². The summed E-state index contributed by atoms with van der Waals surface area (Å²) in [4.78, 5) is 0. The number of hydrogen-bond acceptors (Lipinski definition) is 2. The van der Waals surface area contributed by atoms with Gasteiger partial charge in [-0.3, -0.25) is 0 Å². The predicted octanol–water partition coefficient (Wildman–Crippen LogP) is 14.5. The first kappa shape index (κ1) is 40.9. The van der Waals surface area contributed by atoms with Crippen molar-refractivity contribution in [3.63, 3.8) is 0 Å². The van der Waals surface area contributed by atoms with Crippen LogP contribution in [0, 0.1) is 12.8 Å². The van der Waals surface area contributed by atoms with E-state index in [0.29, 0.717) is 17.6 Å². The van der Waals surface area contributed by atoms with E-state index in [1.165, 1.54) is 78.4 Å². The van der Waals surface area contributed by atoms with Gasteiger partial charge >= 0.3 is 0 Å². The van der Waals surface area contributed by atoms with Crippen LogP contribution >= 0.6 is 0 Å². The molecule has 0 aliphatic carbocycles. The fourth-order valence-electron chi connectivity index (χ4n) is 6.33. The van der Waals surface area contributed by atoms with E-state index in [0.717, 1.165) is 61.0 Å². The number of rotatable bonds is 21. The molecule has 2 heteroatoms. The molecule has 2 aromatic carbocycles. The van der Waals surface area contributed by atoms with Crippen LogP contribution in [0.3, 0.4) is 0 Å². The van der Waals surface area contributed by atoms with Gasteiger partial charge in [0.05, 0.1) is 0 Å². The number of fused-ring (bicyclic) bond motifs is 1. The molecule has 48 heavy (non-hydrogen) atoms. The van der Waals surface area contributed by atoms with Crippen molar-refractivity contribution in [2.24, 2.45) is 5.92 Å². The minimum absolute atomic E-state index is 0.277. The highest BCUT2D eigenvalue weighted by molar-refractivity contribution is 5.95. The average Bonchev–Trinajstić information content (AvgIpc) is 3.03. The fraction of sp³-hybridized carbons (Fsp3) is 0.522. The van der Waals surface area contributed by atoms with Crippen LogP contribution in [0.2, 0.25) is 0 Å². The monoisotopic (exact) mass is 653 g/mol. The Kier molecular flexibility index (Phi) is 19.1. The van der Waals surface area contributed by atoms with Crippen LogP contribution in [-0.2, 0) is 6.42 Å². The molecule has 0 aliphatic heterocycles. The van der Waals surface area contributed by atoms with Gasteiger partial charge in [0.15, 0.2) is 0 Å². The largest absolute Gasteiger partial charge is 0.507 e. The third-order valence-electron chi connectivity index (χ3n) is 9.79. The summed E-state index contributed by atoms with van der Waals surface area (Å²) in [5.41, 5.74) is 10.4. The Hall–Kier alpha value is -3.26. The van der Waals surface area contributed by atoms with Crippen molar-refractivity contribution >= 4 is 10.8 Å². The first-order valence-electron chi connectivity index (χ1n) is 18.7. The number of phenols is 2. The number of aromatic hydroxyl groups is 2. The number of allylic oxidation sites excluding steroid dienone is 12. The van der Waals surface area contributed by atoms with Crippen LogP contribution < -0.4 is 0 Å². The van der Waals surface area contributed by atoms with Gasteiger partial charge < -0.3 is 10.2 Å². The summed E-state index contributed by atoms with van der Waals surface area (Å²) in [5.74, 6) is 1.29. The highest BCUT2D eigenvalue weighted by atomic mass is 16.3. The van der Waals surface area contributed by atoms with Crippen LogP contribution in [-0.4, -0.2) is 10.2 Å². The lowest BCUT2D eigenvalue weighted by atomic mass is 9.94. The maximum Gasteiger partial charge on any atom is 0.127 e. The quantitative estimate of drug-likeness (QED) is 0.104. The Morgan fingerprint density at radius 2 is 1.00 bits per heavy atom. The van der Waals surface area contributed by atoms with Crippen LogP contribution in [0.15, 0.2) is 94.2 Å². The summed E-state index contributed by atoms with van der Waals surface area (Å²) in [6.07, 6.45) is 30.2. The molecule has 0 aliphatic rings. The molecule has 0 spiro atoms. The molecule has 2 rings (SSSR count). The molecule has 2 aromatic rings. The minimum atomic E-state index is 0.277. The summed E-state index contributed by atoms with van der Waals surface area (Å²) in [6, 6.07) is 7.52. The lowest BCUT2D eigenvalue weighted by Gasteiger charge is -2.14. The number of phenolic OH excluding ortho intramolecular Hbond substituents is 2. The summed E-state index contributed by atoms with van der Waals surface area (Å²) in [7, 11) is 0. The lowest BCUT2D eigenvalue weighted by Crippen LogP contribution is -1.95. The highest BCUT2D eigenvalue weighted by Crippen LogP contribution is 2.39. The van der Waals surface area contributed by atoms with E-state index in [-0.39, 0.29) is 5.75 Å². The second kappa shape index (κ2) is 22.4. The second-order valence-corrected chi connectivity index (χ2v) is 14.8. The Bertz CT molecular complexity index is 1470. The van der Waals surface area contributed by atoms with Crippen LogP contribution in [0.25, 0.3) is 10.8 Å². The van der Waals surface area contributed by atoms with E-state index in [2.05, 4.69) is 91.8 Å². The van der Waals surface area contributed by atoms with Crippen molar-refractivity contribution in [3.05, 3.63) is 105 Å². The van der Waals surface area contributed by atoms with Crippen molar-refractivity contribution in [2.45, 2.75) is 152 Å². The lowest BCUT2D eigenvalue weighted by molar-refractivity contribution is 0.461. The average molecular weight is 653 g/mol. The molecule has 0 radical (unpaired) electrons. The van der Waals surface area contributed by atoms with Gasteiger partial charge in [-0.25, -0.2) is 0 Å². The van der Waals surface area contributed by atoms with Crippen LogP contribution in [0.5, 0.6) is 11.5 Å². The van der Waals surface area contributed by atoms with E-state index < -0.39 is 0 Å². The molecular formula is C46H68O2. The molecular weight excluding hydrogens is 585 g/mol. The summed E-state index contributed by atoms with van der Waals surface area (Å²) >= 11 is 0. The van der Waals surface area contributed by atoms with Gasteiger partial charge in [0.1, 0.15) is 11.5 Å². The van der Waals surface area contributed by atoms with Crippen molar-refractivity contribution in [1.82, 2.24) is 0 Å². The SMILES string of the molecule is CC(C)=CCC/C(C)=C/CC/C(C)=C/CC/C(C)=C/CC/C(C)=C/CCC(C)CCC/C(C)=C/Cc1c(C)c(O)c2ccccc2c1O. The van der Waals surface area contributed by atoms with Gasteiger partial charge in [-0.1, -0.05) is 108 Å². The summed E-state index contributed by atoms with van der Waals surface area (Å²) < 4.78 is 0. The van der Waals surface area contributed by atoms with E-state index in [1.807, 2.05) is 31.2 Å². The van der Waals surface area contributed by atoms with Crippen molar-refractivity contribution in [1.29, 1.82) is 0 Å². The summed E-state index contributed by atoms with van der Waals surface area (Å²) in [5, 5.41) is 23.0. The standard InChI is InChI=1S/C46H68O2/c1-34(2)18-12-19-35(3)20-13-21-36(4)22-14-23-37(5)24-15-25-38(6)26-16-27-39(7)28-17-29-40(8)32-33-42-41(9)45(47)43-30-10-11-31-44(43)46(42)48/h10-11,18,20,22,24,26,30-32,39,47-48H,12-17,19,21,23,25,27-29,33H2,1-9H3/b35-20+,36-22+,37-24+,38-26+,40-32+. The molecule has 0 saturated carbocycles. The molecule has 0 fully saturated rings. The molecule has 2 nitrogen and oxygen atoms in total. The Morgan fingerprint density at radius 3 is 1.50 bits per heavy atom. The van der Waals surface area contributed by atoms with Gasteiger partial charge in [0.2, 0.25) is 0 Å². The molecule has 0 heterocycles. The van der Waals surface area contributed by atoms with Crippen molar-refractivity contribution < 1.29 is 10.2 Å². The normalized spacial score (nSPS) is 14.1. The Balaban J connectivity index is 1.63. The van der Waals surface area contributed by atoms with E-state index in [9.17, 15) is 10.2 Å².